The lowest BCUT2D eigenvalue weighted by atomic mass is 10.1. The van der Waals surface area contributed by atoms with E-state index in [-0.39, 0.29) is 23.7 Å². The third-order valence-corrected chi connectivity index (χ3v) is 6.90. The smallest absolute Gasteiger partial charge is 0.416 e. The van der Waals surface area contributed by atoms with Gasteiger partial charge in [0.25, 0.3) is 0 Å². The molecule has 0 saturated carbocycles. The maximum Gasteiger partial charge on any atom is 0.416 e. The fourth-order valence-corrected chi connectivity index (χ4v) is 4.97. The number of guanidine groups is 1. The molecule has 0 bridgehead atoms. The molecule has 0 N–H and O–H groups in total. The quantitative estimate of drug-likeness (QED) is 0.466. The van der Waals surface area contributed by atoms with Crippen LogP contribution in [-0.2, 0) is 12.7 Å². The molecule has 3 aromatic rings. The maximum atomic E-state index is 14.5. The zero-order valence-corrected chi connectivity index (χ0v) is 20.2. The summed E-state index contributed by atoms with van der Waals surface area (Å²) in [6.07, 6.45) is -3.10. The van der Waals surface area contributed by atoms with E-state index in [0.717, 1.165) is 23.5 Å². The average Bonchev–Trinajstić information content (AvgIpc) is 3.26. The first kappa shape index (κ1) is 24.1. The number of aliphatic imine (C=N–C) groups is 1. The molecule has 0 amide bonds. The lowest BCUT2D eigenvalue weighted by molar-refractivity contribution is -0.137. The number of methoxy groups -OCH3 is 2. The summed E-state index contributed by atoms with van der Waals surface area (Å²) in [5.41, 5.74) is 0.237. The number of hydrogen-bond acceptors (Lipinski definition) is 9. The summed E-state index contributed by atoms with van der Waals surface area (Å²) in [6.45, 7) is 2.26. The van der Waals surface area contributed by atoms with Crippen molar-refractivity contribution in [3.05, 3.63) is 52.2 Å². The van der Waals surface area contributed by atoms with Crippen molar-refractivity contribution in [3.63, 3.8) is 0 Å². The molecule has 5 rings (SSSR count). The fraction of sp³-hybridized carbons (Fsp3) is 0.348. The van der Waals surface area contributed by atoms with E-state index in [2.05, 4.69) is 19.9 Å². The van der Waals surface area contributed by atoms with Gasteiger partial charge in [0.15, 0.2) is 0 Å². The van der Waals surface area contributed by atoms with Crippen LogP contribution < -0.4 is 19.3 Å². The lowest BCUT2D eigenvalue weighted by Crippen LogP contribution is -2.54. The van der Waals surface area contributed by atoms with Crippen molar-refractivity contribution in [2.24, 2.45) is 4.99 Å². The monoisotopic (exact) mass is 522 g/mol. The molecule has 0 unspecified atom stereocenters. The van der Waals surface area contributed by atoms with Crippen LogP contribution in [0.3, 0.4) is 0 Å². The van der Waals surface area contributed by atoms with Gasteiger partial charge in [-0.05, 0) is 18.2 Å². The molecule has 36 heavy (non-hydrogen) atoms. The Morgan fingerprint density at radius 3 is 2.42 bits per heavy atom. The van der Waals surface area contributed by atoms with Crippen LogP contribution in [0.4, 0.5) is 34.8 Å². The molecule has 1 fully saturated rings. The first-order chi connectivity index (χ1) is 17.3. The van der Waals surface area contributed by atoms with Crippen LogP contribution in [0.25, 0.3) is 0 Å². The Bertz CT molecular complexity index is 1290. The normalized spacial score (nSPS) is 16.1. The molecule has 13 heteroatoms. The van der Waals surface area contributed by atoms with Gasteiger partial charge in [-0.1, -0.05) is 0 Å². The number of nitrogens with zero attached hydrogens (tertiary/aromatic N) is 6. The molecular weight excluding hydrogens is 500 g/mol. The summed E-state index contributed by atoms with van der Waals surface area (Å²) in [6, 6.07) is 5.06. The zero-order valence-electron chi connectivity index (χ0n) is 19.4. The third-order valence-electron chi connectivity index (χ3n) is 6.10. The third kappa shape index (κ3) is 4.50. The fourth-order valence-electron chi connectivity index (χ4n) is 4.25. The Labute approximate surface area is 208 Å². The van der Waals surface area contributed by atoms with Crippen LogP contribution in [0, 0.1) is 5.13 Å². The highest BCUT2D eigenvalue weighted by atomic mass is 32.1. The first-order valence-electron chi connectivity index (χ1n) is 11.0. The predicted octanol–water partition coefficient (Wildman–Crippen LogP) is 4.54. The largest absolute Gasteiger partial charge is 0.495 e. The van der Waals surface area contributed by atoms with Crippen molar-refractivity contribution in [1.82, 2.24) is 14.9 Å². The summed E-state index contributed by atoms with van der Waals surface area (Å²) in [5, 5.41) is 1.21. The molecule has 1 aromatic carbocycles. The number of thiophene rings is 1. The van der Waals surface area contributed by atoms with Gasteiger partial charge in [-0.25, -0.2) is 15.0 Å². The Morgan fingerprint density at radius 2 is 1.72 bits per heavy atom. The van der Waals surface area contributed by atoms with E-state index in [0.29, 0.717) is 49.4 Å². The van der Waals surface area contributed by atoms with Gasteiger partial charge < -0.3 is 24.2 Å². The number of alkyl halides is 3. The number of hydrogen-bond donors (Lipinski definition) is 0. The second kappa shape index (κ2) is 9.45. The minimum Gasteiger partial charge on any atom is -0.495 e. The van der Waals surface area contributed by atoms with Crippen LogP contribution in [-0.4, -0.2) is 61.2 Å². The molecule has 2 aliphatic heterocycles. The van der Waals surface area contributed by atoms with Crippen LogP contribution in [0.5, 0.6) is 11.6 Å². The van der Waals surface area contributed by atoms with Crippen molar-refractivity contribution in [1.29, 1.82) is 0 Å². The number of anilines is 2. The molecule has 2 aliphatic rings. The van der Waals surface area contributed by atoms with E-state index in [1.165, 1.54) is 26.6 Å². The van der Waals surface area contributed by atoms with Crippen LogP contribution >= 0.6 is 11.3 Å². The molecule has 2 aromatic heterocycles. The van der Waals surface area contributed by atoms with Crippen molar-refractivity contribution in [2.45, 2.75) is 12.7 Å². The van der Waals surface area contributed by atoms with Crippen LogP contribution in [0.2, 0.25) is 0 Å². The SMILES string of the molecule is COc1cc(N2CCN(C3=Nc4c(csc4F)CN3c3cc(C(F)(F)F)ccc3OC)CC2)ncn1. The number of ether oxygens (including phenoxy) is 2. The van der Waals surface area contributed by atoms with E-state index in [1.54, 1.807) is 16.3 Å². The van der Waals surface area contributed by atoms with E-state index in [1.807, 2.05) is 4.90 Å². The number of benzene rings is 1. The van der Waals surface area contributed by atoms with Gasteiger partial charge in [0.2, 0.25) is 17.0 Å². The molecule has 8 nitrogen and oxygen atoms in total. The summed E-state index contributed by atoms with van der Waals surface area (Å²) in [7, 11) is 2.93. The van der Waals surface area contributed by atoms with Gasteiger partial charge in [-0.3, -0.25) is 0 Å². The molecule has 0 spiro atoms. The maximum absolute atomic E-state index is 14.5. The Balaban J connectivity index is 1.48. The molecule has 0 atom stereocenters. The van der Waals surface area contributed by atoms with Gasteiger partial charge in [0, 0.05) is 43.2 Å². The summed E-state index contributed by atoms with van der Waals surface area (Å²) < 4.78 is 65.7. The highest BCUT2D eigenvalue weighted by Gasteiger charge is 2.35. The van der Waals surface area contributed by atoms with Crippen LogP contribution in [0.1, 0.15) is 11.1 Å². The van der Waals surface area contributed by atoms with Crippen molar-refractivity contribution < 1.29 is 27.0 Å². The van der Waals surface area contributed by atoms with E-state index >= 15 is 0 Å². The minimum absolute atomic E-state index is 0.162. The Hall–Kier alpha value is -3.61. The second-order valence-electron chi connectivity index (χ2n) is 8.16. The van der Waals surface area contributed by atoms with Crippen molar-refractivity contribution in [3.8, 4) is 11.6 Å². The summed E-state index contributed by atoms with van der Waals surface area (Å²) >= 11 is 0.920. The molecule has 1 saturated heterocycles. The van der Waals surface area contributed by atoms with Gasteiger partial charge >= 0.3 is 6.18 Å². The van der Waals surface area contributed by atoms with Crippen molar-refractivity contribution >= 4 is 34.5 Å². The standard InChI is InChI=1S/C23H22F4N6O2S/c1-34-17-4-3-15(23(25,26)27)9-16(17)33-11-14-12-36-21(24)20(14)30-22(33)32-7-5-31(6-8-32)18-10-19(35-2)29-13-28-18/h3-4,9-10,12-13H,5-8,11H2,1-2H3. The minimum atomic E-state index is -4.53. The molecule has 190 valence electrons. The number of fused-ring (bicyclic) bond motifs is 1. The number of piperazine rings is 1. The van der Waals surface area contributed by atoms with Gasteiger partial charge in [0.05, 0.1) is 32.0 Å². The number of aromatic nitrogens is 2. The lowest BCUT2D eigenvalue weighted by Gasteiger charge is -2.41. The van der Waals surface area contributed by atoms with Crippen molar-refractivity contribution in [2.75, 3.05) is 50.2 Å². The first-order valence-corrected chi connectivity index (χ1v) is 11.9. The van der Waals surface area contributed by atoms with Gasteiger partial charge in [-0.15, -0.1) is 11.3 Å². The second-order valence-corrected chi connectivity index (χ2v) is 8.99. The number of halogens is 4. The van der Waals surface area contributed by atoms with E-state index in [4.69, 9.17) is 9.47 Å². The molecular formula is C23H22F4N6O2S. The highest BCUT2D eigenvalue weighted by molar-refractivity contribution is 7.08. The topological polar surface area (TPSA) is 66.3 Å². The Morgan fingerprint density at radius 1 is 0.972 bits per heavy atom. The van der Waals surface area contributed by atoms with Gasteiger partial charge in [-0.2, -0.15) is 17.6 Å². The zero-order chi connectivity index (χ0) is 25.4. The van der Waals surface area contributed by atoms with E-state index in [9.17, 15) is 17.6 Å². The summed E-state index contributed by atoms with van der Waals surface area (Å²) in [5.74, 6) is 1.79. The molecule has 0 aliphatic carbocycles. The van der Waals surface area contributed by atoms with Crippen LogP contribution in [0.15, 0.2) is 41.0 Å². The molecule has 4 heterocycles. The average molecular weight is 523 g/mol. The Kier molecular flexibility index (Phi) is 6.33. The van der Waals surface area contributed by atoms with E-state index < -0.39 is 16.9 Å². The number of rotatable bonds is 4. The predicted molar refractivity (Wildman–Crippen MR) is 128 cm³/mol. The summed E-state index contributed by atoms with van der Waals surface area (Å²) in [4.78, 5) is 18.6. The van der Waals surface area contributed by atoms with Gasteiger partial charge in [0.1, 0.15) is 23.6 Å². The highest BCUT2D eigenvalue weighted by Crippen LogP contribution is 2.41. The molecule has 0 radical (unpaired) electrons.